The minimum atomic E-state index is -0.0681. The van der Waals surface area contributed by atoms with E-state index in [9.17, 15) is 4.79 Å². The van der Waals surface area contributed by atoms with Crippen molar-refractivity contribution in [2.24, 2.45) is 0 Å². The predicted octanol–water partition coefficient (Wildman–Crippen LogP) is 3.18. The lowest BCUT2D eigenvalue weighted by Gasteiger charge is -2.18. The molecule has 0 bridgehead atoms. The first-order valence-corrected chi connectivity index (χ1v) is 6.11. The van der Waals surface area contributed by atoms with E-state index in [0.29, 0.717) is 13.0 Å². The van der Waals surface area contributed by atoms with Crippen LogP contribution in [-0.2, 0) is 4.79 Å². The quantitative estimate of drug-likeness (QED) is 0.707. The van der Waals surface area contributed by atoms with Gasteiger partial charge in [-0.05, 0) is 11.5 Å². The SMILES string of the molecule is O=C1CC(Cl)CN1c1cccc2ccccc12. The first-order valence-electron chi connectivity index (χ1n) is 5.68. The van der Waals surface area contributed by atoms with Gasteiger partial charge in [0.2, 0.25) is 5.91 Å². The van der Waals surface area contributed by atoms with E-state index in [1.54, 1.807) is 4.90 Å². The zero-order chi connectivity index (χ0) is 11.8. The number of nitrogens with zero attached hydrogens (tertiary/aromatic N) is 1. The standard InChI is InChI=1S/C14H12ClNO/c15-11-8-14(17)16(9-11)13-7-3-5-10-4-1-2-6-12(10)13/h1-7,11H,8-9H2. The summed E-state index contributed by atoms with van der Waals surface area (Å²) < 4.78 is 0. The second kappa shape index (κ2) is 4.04. The lowest BCUT2D eigenvalue weighted by Crippen LogP contribution is -2.24. The van der Waals surface area contributed by atoms with E-state index in [1.807, 2.05) is 30.3 Å². The summed E-state index contributed by atoms with van der Waals surface area (Å²) in [5.41, 5.74) is 0.969. The largest absolute Gasteiger partial charge is 0.310 e. The molecule has 86 valence electrons. The smallest absolute Gasteiger partial charge is 0.228 e. The molecule has 17 heavy (non-hydrogen) atoms. The molecule has 0 aliphatic carbocycles. The summed E-state index contributed by atoms with van der Waals surface area (Å²) in [5.74, 6) is 0.112. The maximum atomic E-state index is 11.9. The number of carbonyl (C=O) groups is 1. The number of hydrogen-bond donors (Lipinski definition) is 0. The van der Waals surface area contributed by atoms with Crippen molar-refractivity contribution in [3.63, 3.8) is 0 Å². The van der Waals surface area contributed by atoms with Gasteiger partial charge in [0.05, 0.1) is 11.1 Å². The molecule has 1 saturated heterocycles. The monoisotopic (exact) mass is 245 g/mol. The van der Waals surface area contributed by atoms with Crippen molar-refractivity contribution >= 4 is 34.0 Å². The highest BCUT2D eigenvalue weighted by molar-refractivity contribution is 6.24. The molecule has 0 radical (unpaired) electrons. The van der Waals surface area contributed by atoms with Crippen LogP contribution in [0.25, 0.3) is 10.8 Å². The van der Waals surface area contributed by atoms with Crippen molar-refractivity contribution in [1.82, 2.24) is 0 Å². The lowest BCUT2D eigenvalue weighted by atomic mass is 10.1. The summed E-state index contributed by atoms with van der Waals surface area (Å²) in [4.78, 5) is 13.7. The molecule has 1 unspecified atom stereocenters. The molecule has 1 heterocycles. The lowest BCUT2D eigenvalue weighted by molar-refractivity contribution is -0.117. The minimum Gasteiger partial charge on any atom is -0.310 e. The van der Waals surface area contributed by atoms with Gasteiger partial charge in [-0.15, -0.1) is 11.6 Å². The zero-order valence-corrected chi connectivity index (χ0v) is 10.0. The van der Waals surface area contributed by atoms with Crippen LogP contribution in [0.4, 0.5) is 5.69 Å². The van der Waals surface area contributed by atoms with Gasteiger partial charge in [-0.25, -0.2) is 0 Å². The summed E-state index contributed by atoms with van der Waals surface area (Å²) in [6.07, 6.45) is 0.435. The van der Waals surface area contributed by atoms with Crippen LogP contribution in [0.2, 0.25) is 0 Å². The second-order valence-corrected chi connectivity index (χ2v) is 4.92. The number of alkyl halides is 1. The summed E-state index contributed by atoms with van der Waals surface area (Å²) in [5, 5.41) is 2.19. The number of rotatable bonds is 1. The topological polar surface area (TPSA) is 20.3 Å². The van der Waals surface area contributed by atoms with Crippen molar-refractivity contribution in [2.75, 3.05) is 11.4 Å². The third-order valence-electron chi connectivity index (χ3n) is 3.14. The maximum Gasteiger partial charge on any atom is 0.228 e. The Morgan fingerprint density at radius 3 is 2.65 bits per heavy atom. The number of anilines is 1. The van der Waals surface area contributed by atoms with Crippen LogP contribution in [0.15, 0.2) is 42.5 Å². The van der Waals surface area contributed by atoms with Gasteiger partial charge < -0.3 is 4.90 Å². The van der Waals surface area contributed by atoms with Crippen LogP contribution in [0.3, 0.4) is 0 Å². The molecule has 0 spiro atoms. The molecule has 1 aliphatic heterocycles. The Labute approximate surface area is 105 Å². The Morgan fingerprint density at radius 1 is 1.12 bits per heavy atom. The molecular weight excluding hydrogens is 234 g/mol. The van der Waals surface area contributed by atoms with Crippen molar-refractivity contribution in [3.05, 3.63) is 42.5 Å². The second-order valence-electron chi connectivity index (χ2n) is 4.30. The molecule has 1 aliphatic rings. The molecule has 1 fully saturated rings. The van der Waals surface area contributed by atoms with E-state index in [-0.39, 0.29) is 11.3 Å². The molecule has 0 saturated carbocycles. The van der Waals surface area contributed by atoms with Gasteiger partial charge in [0, 0.05) is 18.4 Å². The van der Waals surface area contributed by atoms with Gasteiger partial charge in [-0.3, -0.25) is 4.79 Å². The first-order chi connectivity index (χ1) is 8.25. The van der Waals surface area contributed by atoms with Crippen molar-refractivity contribution in [1.29, 1.82) is 0 Å². The van der Waals surface area contributed by atoms with Crippen LogP contribution < -0.4 is 4.90 Å². The Kier molecular flexibility index (Phi) is 2.52. The maximum absolute atomic E-state index is 11.9. The molecule has 1 atom stereocenters. The van der Waals surface area contributed by atoms with Crippen LogP contribution in [-0.4, -0.2) is 17.8 Å². The van der Waals surface area contributed by atoms with Crippen LogP contribution in [0, 0.1) is 0 Å². The molecule has 1 amide bonds. The number of amides is 1. The number of fused-ring (bicyclic) bond motifs is 1. The van der Waals surface area contributed by atoms with Crippen LogP contribution in [0.1, 0.15) is 6.42 Å². The Hall–Kier alpha value is -1.54. The normalized spacial score (nSPS) is 20.2. The molecule has 0 N–H and O–H groups in total. The molecule has 3 rings (SSSR count). The van der Waals surface area contributed by atoms with Gasteiger partial charge >= 0.3 is 0 Å². The van der Waals surface area contributed by atoms with E-state index < -0.39 is 0 Å². The first kappa shape index (κ1) is 10.6. The van der Waals surface area contributed by atoms with Gasteiger partial charge in [-0.1, -0.05) is 36.4 Å². The fraction of sp³-hybridized carbons (Fsp3) is 0.214. The highest BCUT2D eigenvalue weighted by Gasteiger charge is 2.29. The van der Waals surface area contributed by atoms with Crippen molar-refractivity contribution in [3.8, 4) is 0 Å². The number of carbonyl (C=O) groups excluding carboxylic acids is 1. The Balaban J connectivity index is 2.14. The molecule has 2 aromatic carbocycles. The molecular formula is C14H12ClNO. The highest BCUT2D eigenvalue weighted by Crippen LogP contribution is 2.30. The number of benzene rings is 2. The molecule has 3 heteroatoms. The predicted molar refractivity (Wildman–Crippen MR) is 70.6 cm³/mol. The highest BCUT2D eigenvalue weighted by atomic mass is 35.5. The van der Waals surface area contributed by atoms with E-state index in [0.717, 1.165) is 16.5 Å². The molecule has 0 aromatic heterocycles. The van der Waals surface area contributed by atoms with Gasteiger partial charge in [0.25, 0.3) is 0 Å². The molecule has 2 nitrogen and oxygen atoms in total. The summed E-state index contributed by atoms with van der Waals surface area (Å²) in [6.45, 7) is 0.606. The molecule has 2 aromatic rings. The third-order valence-corrected chi connectivity index (χ3v) is 3.43. The van der Waals surface area contributed by atoms with E-state index in [1.165, 1.54) is 0 Å². The van der Waals surface area contributed by atoms with Crippen LogP contribution in [0.5, 0.6) is 0 Å². The number of halogens is 1. The number of hydrogen-bond acceptors (Lipinski definition) is 1. The van der Waals surface area contributed by atoms with Gasteiger partial charge in [0.15, 0.2) is 0 Å². The van der Waals surface area contributed by atoms with E-state index in [4.69, 9.17) is 11.6 Å². The van der Waals surface area contributed by atoms with Crippen molar-refractivity contribution < 1.29 is 4.79 Å². The van der Waals surface area contributed by atoms with E-state index in [2.05, 4.69) is 12.1 Å². The summed E-state index contributed by atoms with van der Waals surface area (Å²) >= 11 is 6.04. The third kappa shape index (κ3) is 1.79. The fourth-order valence-corrected chi connectivity index (χ4v) is 2.61. The summed E-state index contributed by atoms with van der Waals surface area (Å²) in [6, 6.07) is 14.1. The Bertz CT molecular complexity index is 576. The zero-order valence-electron chi connectivity index (χ0n) is 9.27. The average molecular weight is 246 g/mol. The Morgan fingerprint density at radius 2 is 1.88 bits per heavy atom. The summed E-state index contributed by atoms with van der Waals surface area (Å²) in [7, 11) is 0. The van der Waals surface area contributed by atoms with Crippen molar-refractivity contribution in [2.45, 2.75) is 11.8 Å². The fourth-order valence-electron chi connectivity index (χ4n) is 2.34. The minimum absolute atomic E-state index is 0.0681. The van der Waals surface area contributed by atoms with E-state index >= 15 is 0 Å². The average Bonchev–Trinajstić information content (AvgIpc) is 2.68. The van der Waals surface area contributed by atoms with Gasteiger partial charge in [0.1, 0.15) is 0 Å². The van der Waals surface area contributed by atoms with Gasteiger partial charge in [-0.2, -0.15) is 0 Å². The van der Waals surface area contributed by atoms with Crippen LogP contribution >= 0.6 is 11.6 Å².